The Hall–Kier alpha value is -1.99. The van der Waals surface area contributed by atoms with Crippen molar-refractivity contribution in [2.45, 2.75) is 45.8 Å². The molecule has 6 nitrogen and oxygen atoms in total. The van der Waals surface area contributed by atoms with Crippen molar-refractivity contribution in [3.8, 4) is 11.5 Å². The maximum absolute atomic E-state index is 13.2. The molecule has 1 aliphatic heterocycles. The van der Waals surface area contributed by atoms with Crippen LogP contribution in [0.25, 0.3) is 11.0 Å². The number of nitrogens with zero attached hydrogens (tertiary/aromatic N) is 1. The molecular weight excluding hydrogens is 374 g/mol. The monoisotopic (exact) mass is 405 g/mol. The maximum atomic E-state index is 13.2. The topological polar surface area (TPSA) is 61.1 Å². The number of hydrogen-bond acceptors (Lipinski definition) is 5. The van der Waals surface area contributed by atoms with E-state index in [1.165, 1.54) is 0 Å². The molecule has 154 valence electrons. The molecule has 1 saturated heterocycles. The summed E-state index contributed by atoms with van der Waals surface area (Å²) in [6.07, 6.45) is 0. The Morgan fingerprint density at radius 2 is 1.79 bits per heavy atom. The van der Waals surface area contributed by atoms with Crippen molar-refractivity contribution in [1.82, 2.24) is 4.90 Å². The number of aryl methyl sites for hydroxylation is 1. The fraction of sp³-hybridized carbons (Fsp3) is 0.571. The van der Waals surface area contributed by atoms with Crippen LogP contribution in [0.4, 0.5) is 0 Å². The molecule has 0 saturated carbocycles. The van der Waals surface area contributed by atoms with Gasteiger partial charge in [-0.3, -0.25) is 4.79 Å². The average molecular weight is 406 g/mol. The van der Waals surface area contributed by atoms with Gasteiger partial charge in [0.25, 0.3) is 14.2 Å². The third-order valence-electron chi connectivity index (χ3n) is 5.83. The van der Waals surface area contributed by atoms with Gasteiger partial charge in [0.2, 0.25) is 0 Å². The number of morpholine rings is 1. The Labute approximate surface area is 167 Å². The molecule has 3 rings (SSSR count). The van der Waals surface area contributed by atoms with Crippen LogP contribution in [0.15, 0.2) is 16.5 Å². The lowest BCUT2D eigenvalue weighted by Gasteiger charge is -2.36. The van der Waals surface area contributed by atoms with Gasteiger partial charge in [0.15, 0.2) is 5.75 Å². The van der Waals surface area contributed by atoms with E-state index >= 15 is 0 Å². The average Bonchev–Trinajstić information content (AvgIpc) is 2.94. The van der Waals surface area contributed by atoms with Gasteiger partial charge in [0.05, 0.1) is 25.9 Å². The van der Waals surface area contributed by atoms with Gasteiger partial charge in [-0.2, -0.15) is 0 Å². The minimum Gasteiger partial charge on any atom is -0.541 e. The first kappa shape index (κ1) is 20.7. The third kappa shape index (κ3) is 3.78. The zero-order valence-electron chi connectivity index (χ0n) is 18.0. The maximum Gasteiger partial charge on any atom is 0.258 e. The standard InChI is InChI=1S/C21H31NO5Si/c1-14-19(20(23)22-8-10-25-11-9-22)15-12-18(17(24-5)13-16(15)26-14)27-28(6,7)21(2,3)4/h12-13H,8-11H2,1-7H3. The predicted molar refractivity (Wildman–Crippen MR) is 112 cm³/mol. The number of methoxy groups -OCH3 is 1. The second-order valence-electron chi connectivity index (χ2n) is 8.80. The first-order chi connectivity index (χ1) is 13.0. The molecule has 0 aliphatic carbocycles. The molecule has 0 atom stereocenters. The zero-order chi connectivity index (χ0) is 20.7. The molecule has 1 amide bonds. The lowest BCUT2D eigenvalue weighted by molar-refractivity contribution is 0.0303. The highest BCUT2D eigenvalue weighted by molar-refractivity contribution is 6.74. The van der Waals surface area contributed by atoms with Crippen LogP contribution in [0.1, 0.15) is 36.9 Å². The number of fused-ring (bicyclic) bond motifs is 1. The Kier molecular flexibility index (Phi) is 5.51. The Morgan fingerprint density at radius 1 is 1.14 bits per heavy atom. The van der Waals surface area contributed by atoms with Crippen LogP contribution in [0.3, 0.4) is 0 Å². The summed E-state index contributed by atoms with van der Waals surface area (Å²) in [4.78, 5) is 15.0. The molecule has 1 aromatic heterocycles. The first-order valence-electron chi connectivity index (χ1n) is 9.72. The van der Waals surface area contributed by atoms with E-state index < -0.39 is 8.32 Å². The number of hydrogen-bond donors (Lipinski definition) is 0. The molecule has 0 spiro atoms. The van der Waals surface area contributed by atoms with Gasteiger partial charge < -0.3 is 23.2 Å². The molecule has 1 aliphatic rings. The van der Waals surface area contributed by atoms with Gasteiger partial charge in [0.1, 0.15) is 17.1 Å². The number of furan rings is 1. The van der Waals surface area contributed by atoms with Gasteiger partial charge in [-0.05, 0) is 31.1 Å². The molecule has 0 radical (unpaired) electrons. The van der Waals surface area contributed by atoms with Crippen molar-refractivity contribution in [1.29, 1.82) is 0 Å². The van der Waals surface area contributed by atoms with Gasteiger partial charge in [-0.1, -0.05) is 20.8 Å². The van der Waals surface area contributed by atoms with Crippen LogP contribution in [-0.2, 0) is 4.74 Å². The van der Waals surface area contributed by atoms with Crippen molar-refractivity contribution >= 4 is 25.2 Å². The van der Waals surface area contributed by atoms with Crippen molar-refractivity contribution in [2.24, 2.45) is 0 Å². The van der Waals surface area contributed by atoms with Gasteiger partial charge in [-0.15, -0.1) is 0 Å². The number of carbonyl (C=O) groups excluding carboxylic acids is 1. The smallest absolute Gasteiger partial charge is 0.258 e. The molecule has 2 heterocycles. The Morgan fingerprint density at radius 3 is 2.36 bits per heavy atom. The van der Waals surface area contributed by atoms with Gasteiger partial charge in [0, 0.05) is 24.5 Å². The fourth-order valence-electron chi connectivity index (χ4n) is 3.08. The molecule has 1 fully saturated rings. The molecular formula is C21H31NO5Si. The van der Waals surface area contributed by atoms with E-state index in [1.54, 1.807) is 7.11 Å². The van der Waals surface area contributed by atoms with Crippen LogP contribution in [-0.4, -0.2) is 52.5 Å². The number of rotatable bonds is 4. The second kappa shape index (κ2) is 7.44. The third-order valence-corrected chi connectivity index (χ3v) is 10.2. The number of ether oxygens (including phenoxy) is 2. The minimum atomic E-state index is -2.07. The van der Waals surface area contributed by atoms with E-state index in [-0.39, 0.29) is 10.9 Å². The van der Waals surface area contributed by atoms with Crippen molar-refractivity contribution in [3.63, 3.8) is 0 Å². The van der Waals surface area contributed by atoms with Crippen LogP contribution in [0, 0.1) is 6.92 Å². The SMILES string of the molecule is COc1cc2oc(C)c(C(=O)N3CCOCC3)c2cc1O[Si](C)(C)C(C)(C)C. The first-order valence-corrected chi connectivity index (χ1v) is 12.6. The highest BCUT2D eigenvalue weighted by atomic mass is 28.4. The number of carbonyl (C=O) groups is 1. The quantitative estimate of drug-likeness (QED) is 0.696. The van der Waals surface area contributed by atoms with Gasteiger partial charge >= 0.3 is 0 Å². The molecule has 28 heavy (non-hydrogen) atoms. The Bertz CT molecular complexity index is 875. The van der Waals surface area contributed by atoms with E-state index in [0.29, 0.717) is 54.7 Å². The van der Waals surface area contributed by atoms with Crippen molar-refractivity contribution in [3.05, 3.63) is 23.5 Å². The van der Waals surface area contributed by atoms with E-state index in [1.807, 2.05) is 24.0 Å². The van der Waals surface area contributed by atoms with E-state index in [4.69, 9.17) is 18.3 Å². The largest absolute Gasteiger partial charge is 0.541 e. The van der Waals surface area contributed by atoms with E-state index in [9.17, 15) is 4.79 Å². The van der Waals surface area contributed by atoms with Crippen molar-refractivity contribution in [2.75, 3.05) is 33.4 Å². The van der Waals surface area contributed by atoms with Crippen LogP contribution >= 0.6 is 0 Å². The molecule has 0 unspecified atom stereocenters. The fourth-order valence-corrected chi connectivity index (χ4v) is 4.10. The summed E-state index contributed by atoms with van der Waals surface area (Å²) >= 11 is 0. The summed E-state index contributed by atoms with van der Waals surface area (Å²) in [6.45, 7) is 15.1. The highest BCUT2D eigenvalue weighted by Gasteiger charge is 2.40. The Balaban J connectivity index is 2.07. The van der Waals surface area contributed by atoms with Crippen molar-refractivity contribution < 1.29 is 23.1 Å². The van der Waals surface area contributed by atoms with Crippen LogP contribution in [0.2, 0.25) is 18.1 Å². The number of amides is 1. The summed E-state index contributed by atoms with van der Waals surface area (Å²) in [5.74, 6) is 1.87. The predicted octanol–water partition coefficient (Wildman–Crippen LogP) is 4.61. The van der Waals surface area contributed by atoms with E-state index in [2.05, 4.69) is 33.9 Å². The lowest BCUT2D eigenvalue weighted by atomic mass is 10.1. The zero-order valence-corrected chi connectivity index (χ0v) is 19.0. The molecule has 0 bridgehead atoms. The molecule has 2 aromatic rings. The van der Waals surface area contributed by atoms with Crippen LogP contribution in [0.5, 0.6) is 11.5 Å². The van der Waals surface area contributed by atoms with Crippen LogP contribution < -0.4 is 9.16 Å². The molecule has 7 heteroatoms. The summed E-state index contributed by atoms with van der Waals surface area (Å²) in [6, 6.07) is 3.72. The van der Waals surface area contributed by atoms with Gasteiger partial charge in [-0.25, -0.2) is 0 Å². The number of benzene rings is 1. The lowest BCUT2D eigenvalue weighted by Crippen LogP contribution is -2.43. The van der Waals surface area contributed by atoms with E-state index in [0.717, 1.165) is 5.39 Å². The highest BCUT2D eigenvalue weighted by Crippen LogP contribution is 2.42. The minimum absolute atomic E-state index is 0.0250. The second-order valence-corrected chi connectivity index (χ2v) is 13.5. The molecule has 0 N–H and O–H groups in total. The molecule has 1 aromatic carbocycles. The normalized spacial score (nSPS) is 15.8. The summed E-state index contributed by atoms with van der Waals surface area (Å²) < 4.78 is 23.4. The summed E-state index contributed by atoms with van der Waals surface area (Å²) in [5, 5.41) is 0.814. The summed E-state index contributed by atoms with van der Waals surface area (Å²) in [5.41, 5.74) is 1.23. The summed E-state index contributed by atoms with van der Waals surface area (Å²) in [7, 11) is -0.453.